The van der Waals surface area contributed by atoms with E-state index in [2.05, 4.69) is 10.2 Å². The van der Waals surface area contributed by atoms with Crippen LogP contribution < -0.4 is 29.0 Å². The van der Waals surface area contributed by atoms with Gasteiger partial charge in [-0.1, -0.05) is 36.4 Å². The van der Waals surface area contributed by atoms with Gasteiger partial charge in [-0.05, 0) is 36.7 Å². The Bertz CT molecular complexity index is 1440. The highest BCUT2D eigenvalue weighted by Crippen LogP contribution is 2.55. The minimum atomic E-state index is -0.712. The molecule has 3 aromatic carbocycles. The molecule has 3 aliphatic rings. The highest BCUT2D eigenvalue weighted by molar-refractivity contribution is 5.99. The first-order chi connectivity index (χ1) is 19.0. The van der Waals surface area contributed by atoms with Crippen molar-refractivity contribution in [3.05, 3.63) is 76.3 Å². The summed E-state index contributed by atoms with van der Waals surface area (Å²) >= 11 is 0. The summed E-state index contributed by atoms with van der Waals surface area (Å²) in [5.41, 5.74) is 3.58. The molecule has 0 fully saturated rings. The predicted molar refractivity (Wildman–Crippen MR) is 139 cm³/mol. The number of cyclic esters (lactones) is 1. The number of carbonyl (C=O) groups excluding carboxylic acids is 2. The Labute approximate surface area is 225 Å². The van der Waals surface area contributed by atoms with E-state index in [9.17, 15) is 9.59 Å². The van der Waals surface area contributed by atoms with Crippen molar-refractivity contribution < 1.29 is 38.0 Å². The van der Waals surface area contributed by atoms with E-state index in [1.165, 1.54) is 7.11 Å². The second-order valence-electron chi connectivity index (χ2n) is 9.51. The van der Waals surface area contributed by atoms with Gasteiger partial charge >= 0.3 is 12.1 Å². The minimum absolute atomic E-state index is 0.0180. The highest BCUT2D eigenvalue weighted by Gasteiger charge is 2.46. The molecule has 3 aromatic rings. The van der Waals surface area contributed by atoms with Gasteiger partial charge in [0, 0.05) is 24.2 Å². The van der Waals surface area contributed by atoms with Crippen LogP contribution in [0.3, 0.4) is 0 Å². The number of methoxy groups -OCH3 is 2. The predicted octanol–water partition coefficient (Wildman–Crippen LogP) is 4.16. The number of ether oxygens (including phenoxy) is 6. The molecule has 10 heteroatoms. The Morgan fingerprint density at radius 1 is 1.08 bits per heavy atom. The van der Waals surface area contributed by atoms with E-state index in [1.807, 2.05) is 43.4 Å². The van der Waals surface area contributed by atoms with Crippen LogP contribution in [0.5, 0.6) is 28.7 Å². The zero-order valence-corrected chi connectivity index (χ0v) is 21.8. The van der Waals surface area contributed by atoms with Crippen LogP contribution in [0.1, 0.15) is 44.8 Å². The summed E-state index contributed by atoms with van der Waals surface area (Å²) < 4.78 is 34.3. The van der Waals surface area contributed by atoms with Gasteiger partial charge < -0.3 is 33.7 Å². The lowest BCUT2D eigenvalue weighted by Crippen LogP contribution is -2.36. The second-order valence-corrected chi connectivity index (χ2v) is 9.51. The van der Waals surface area contributed by atoms with Gasteiger partial charge in [0.05, 0.1) is 20.3 Å². The molecule has 3 heterocycles. The van der Waals surface area contributed by atoms with Crippen LogP contribution in [0.25, 0.3) is 0 Å². The number of hydrogen-bond acceptors (Lipinski definition) is 9. The molecule has 1 amide bonds. The fourth-order valence-corrected chi connectivity index (χ4v) is 5.51. The van der Waals surface area contributed by atoms with Crippen molar-refractivity contribution in [2.45, 2.75) is 25.1 Å². The summed E-state index contributed by atoms with van der Waals surface area (Å²) in [5.74, 6) is 1.41. The average Bonchev–Trinajstić information content (AvgIpc) is 3.55. The molecular weight excluding hydrogens is 504 g/mol. The molecule has 1 unspecified atom stereocenters. The van der Waals surface area contributed by atoms with Crippen LogP contribution in [0, 0.1) is 0 Å². The van der Waals surface area contributed by atoms with Crippen LogP contribution in [-0.2, 0) is 17.7 Å². The highest BCUT2D eigenvalue weighted by atomic mass is 16.7. The van der Waals surface area contributed by atoms with Gasteiger partial charge in [-0.3, -0.25) is 4.90 Å². The molecule has 6 rings (SSSR count). The van der Waals surface area contributed by atoms with Gasteiger partial charge in [-0.2, -0.15) is 0 Å². The molecule has 3 aliphatic heterocycles. The molecule has 1 N–H and O–H groups in total. The molecule has 0 bridgehead atoms. The Hall–Kier alpha value is -4.44. The zero-order chi connectivity index (χ0) is 27.1. The number of carbonyl (C=O) groups is 2. The maximum atomic E-state index is 13.3. The standard InChI is InChI=1S/C29H28N2O8/c1-31-12-11-17-13-20-26(37-15-36-20)27(35-3)21(17)23(31)24-18-9-10-19(34-2)25(22(18)28(32)38-24)39-29(33)30-14-16-7-5-4-6-8-16/h4-10,13,23-24H,11-12,14-15H2,1-3H3,(H,30,33)/t23?,24-/m0/s1. The molecule has 2 atom stereocenters. The summed E-state index contributed by atoms with van der Waals surface area (Å²) in [6.07, 6.45) is -0.635. The van der Waals surface area contributed by atoms with Crippen LogP contribution in [0.15, 0.2) is 48.5 Å². The molecule has 0 aromatic heterocycles. The Balaban J connectivity index is 1.36. The van der Waals surface area contributed by atoms with Crippen LogP contribution in [-0.4, -0.2) is 51.6 Å². The molecular formula is C29H28N2O8. The van der Waals surface area contributed by atoms with Crippen molar-refractivity contribution in [3.63, 3.8) is 0 Å². The van der Waals surface area contributed by atoms with Crippen molar-refractivity contribution in [1.29, 1.82) is 0 Å². The van der Waals surface area contributed by atoms with E-state index >= 15 is 0 Å². The Morgan fingerprint density at radius 3 is 2.67 bits per heavy atom. The summed E-state index contributed by atoms with van der Waals surface area (Å²) in [4.78, 5) is 28.2. The Kier molecular flexibility index (Phi) is 6.40. The first-order valence-electron chi connectivity index (χ1n) is 12.6. The van der Waals surface area contributed by atoms with E-state index in [-0.39, 0.29) is 36.4 Å². The Morgan fingerprint density at radius 2 is 1.90 bits per heavy atom. The maximum Gasteiger partial charge on any atom is 0.413 e. The third-order valence-corrected chi connectivity index (χ3v) is 7.33. The number of esters is 1. The smallest absolute Gasteiger partial charge is 0.413 e. The van der Waals surface area contributed by atoms with Crippen molar-refractivity contribution >= 4 is 12.1 Å². The number of fused-ring (bicyclic) bond motifs is 3. The van der Waals surface area contributed by atoms with E-state index in [4.69, 9.17) is 28.4 Å². The van der Waals surface area contributed by atoms with Gasteiger partial charge in [-0.15, -0.1) is 0 Å². The van der Waals surface area contributed by atoms with Gasteiger partial charge in [0.1, 0.15) is 11.7 Å². The third-order valence-electron chi connectivity index (χ3n) is 7.33. The molecule has 10 nitrogen and oxygen atoms in total. The van der Waals surface area contributed by atoms with Crippen molar-refractivity contribution in [3.8, 4) is 28.7 Å². The zero-order valence-electron chi connectivity index (χ0n) is 21.8. The van der Waals surface area contributed by atoms with Crippen LogP contribution >= 0.6 is 0 Å². The van der Waals surface area contributed by atoms with Gasteiger partial charge in [0.15, 0.2) is 23.0 Å². The molecule has 0 radical (unpaired) electrons. The van der Waals surface area contributed by atoms with E-state index in [0.29, 0.717) is 22.8 Å². The largest absolute Gasteiger partial charge is 0.493 e. The normalized spacial score (nSPS) is 19.1. The number of amides is 1. The summed E-state index contributed by atoms with van der Waals surface area (Å²) in [7, 11) is 5.01. The molecule has 0 saturated carbocycles. The molecule has 0 aliphatic carbocycles. The van der Waals surface area contributed by atoms with Crippen molar-refractivity contribution in [1.82, 2.24) is 10.2 Å². The fraction of sp³-hybridized carbons (Fsp3) is 0.310. The molecule has 202 valence electrons. The number of nitrogens with zero attached hydrogens (tertiary/aromatic N) is 1. The SMILES string of the molecule is COc1ccc2c(c1OC(=O)NCc1ccccc1)C(=O)O[C@@H]2C1c2c(cc3c(c2OC)OCO3)CCN1C. The lowest BCUT2D eigenvalue weighted by atomic mass is 9.85. The van der Waals surface area contributed by atoms with Crippen molar-refractivity contribution in [2.24, 2.45) is 0 Å². The first-order valence-corrected chi connectivity index (χ1v) is 12.6. The lowest BCUT2D eigenvalue weighted by Gasteiger charge is -2.38. The lowest BCUT2D eigenvalue weighted by molar-refractivity contribution is 0.00876. The third kappa shape index (κ3) is 4.26. The monoisotopic (exact) mass is 532 g/mol. The maximum absolute atomic E-state index is 13.3. The average molecular weight is 533 g/mol. The van der Waals surface area contributed by atoms with Crippen LogP contribution in [0.2, 0.25) is 0 Å². The summed E-state index contributed by atoms with van der Waals surface area (Å²) in [6, 6.07) is 14.5. The topological polar surface area (TPSA) is 105 Å². The van der Waals surface area contributed by atoms with E-state index in [1.54, 1.807) is 19.2 Å². The number of benzene rings is 3. The van der Waals surface area contributed by atoms with E-state index < -0.39 is 18.2 Å². The number of likely N-dealkylation sites (N-methyl/N-ethyl adjacent to an activating group) is 1. The van der Waals surface area contributed by atoms with Crippen molar-refractivity contribution in [2.75, 3.05) is 34.6 Å². The molecule has 0 saturated heterocycles. The summed E-state index contributed by atoms with van der Waals surface area (Å²) in [5, 5.41) is 2.72. The molecule has 39 heavy (non-hydrogen) atoms. The minimum Gasteiger partial charge on any atom is -0.493 e. The number of nitrogens with one attached hydrogen (secondary N) is 1. The number of rotatable bonds is 6. The van der Waals surface area contributed by atoms with Crippen LogP contribution in [0.4, 0.5) is 4.79 Å². The van der Waals surface area contributed by atoms with Gasteiger partial charge in [0.25, 0.3) is 0 Å². The fourth-order valence-electron chi connectivity index (χ4n) is 5.51. The van der Waals surface area contributed by atoms with E-state index in [0.717, 1.165) is 29.7 Å². The van der Waals surface area contributed by atoms with Gasteiger partial charge in [-0.25, -0.2) is 9.59 Å². The quantitative estimate of drug-likeness (QED) is 0.469. The molecule has 0 spiro atoms. The van der Waals surface area contributed by atoms with Gasteiger partial charge in [0.2, 0.25) is 12.5 Å². The number of hydrogen-bond donors (Lipinski definition) is 1. The first kappa shape index (κ1) is 24.9. The second kappa shape index (κ2) is 10.0. The summed E-state index contributed by atoms with van der Waals surface area (Å²) in [6.45, 7) is 1.11.